The highest BCUT2D eigenvalue weighted by molar-refractivity contribution is 5.93. The predicted octanol–water partition coefficient (Wildman–Crippen LogP) is 0.902. The van der Waals surface area contributed by atoms with Gasteiger partial charge in [0.2, 0.25) is 0 Å². The summed E-state index contributed by atoms with van der Waals surface area (Å²) in [6.45, 7) is 3.20. The molecule has 6 nitrogen and oxygen atoms in total. The fraction of sp³-hybridized carbons (Fsp3) is 0.600. The van der Waals surface area contributed by atoms with Gasteiger partial charge < -0.3 is 19.7 Å². The van der Waals surface area contributed by atoms with E-state index in [9.17, 15) is 9.59 Å². The third-order valence-electron chi connectivity index (χ3n) is 4.26. The van der Waals surface area contributed by atoms with E-state index in [4.69, 9.17) is 0 Å². The number of urea groups is 1. The maximum Gasteiger partial charge on any atom is 0.317 e. The van der Waals surface area contributed by atoms with Crippen LogP contribution in [0.5, 0.6) is 0 Å². The molecule has 6 heteroatoms. The molecule has 1 saturated carbocycles. The van der Waals surface area contributed by atoms with Crippen molar-refractivity contribution in [2.24, 2.45) is 13.0 Å². The van der Waals surface area contributed by atoms with Gasteiger partial charge in [0.1, 0.15) is 5.69 Å². The van der Waals surface area contributed by atoms with Gasteiger partial charge in [-0.3, -0.25) is 4.79 Å². The Labute approximate surface area is 124 Å². The van der Waals surface area contributed by atoms with Crippen molar-refractivity contribution in [2.75, 3.05) is 32.7 Å². The first kappa shape index (κ1) is 14.0. The average Bonchev–Trinajstić information content (AvgIpc) is 3.24. The molecule has 3 amide bonds. The predicted molar refractivity (Wildman–Crippen MR) is 79.0 cm³/mol. The van der Waals surface area contributed by atoms with Gasteiger partial charge in [-0.25, -0.2) is 4.79 Å². The lowest BCUT2D eigenvalue weighted by Crippen LogP contribution is -2.53. The summed E-state index contributed by atoms with van der Waals surface area (Å²) < 4.78 is 1.83. The van der Waals surface area contributed by atoms with Crippen molar-refractivity contribution in [3.63, 3.8) is 0 Å². The van der Waals surface area contributed by atoms with Crippen LogP contribution in [0.4, 0.5) is 4.79 Å². The Kier molecular flexibility index (Phi) is 3.86. The minimum Gasteiger partial charge on any atom is -0.347 e. The van der Waals surface area contributed by atoms with Gasteiger partial charge in [0.05, 0.1) is 0 Å². The van der Waals surface area contributed by atoms with Gasteiger partial charge in [-0.15, -0.1) is 0 Å². The van der Waals surface area contributed by atoms with Crippen molar-refractivity contribution in [3.05, 3.63) is 24.0 Å². The molecular formula is C15H22N4O2. The zero-order chi connectivity index (χ0) is 14.8. The minimum absolute atomic E-state index is 0.00728. The molecule has 0 spiro atoms. The van der Waals surface area contributed by atoms with E-state index in [0.29, 0.717) is 37.8 Å². The lowest BCUT2D eigenvalue weighted by atomic mass is 10.3. The Morgan fingerprint density at radius 3 is 2.43 bits per heavy atom. The smallest absolute Gasteiger partial charge is 0.317 e. The summed E-state index contributed by atoms with van der Waals surface area (Å²) in [6.07, 6.45) is 4.34. The van der Waals surface area contributed by atoms with Crippen molar-refractivity contribution < 1.29 is 9.59 Å². The van der Waals surface area contributed by atoms with Crippen molar-refractivity contribution in [3.8, 4) is 0 Å². The number of carbonyl (C=O) groups excluding carboxylic acids is 2. The normalized spacial score (nSPS) is 18.7. The van der Waals surface area contributed by atoms with E-state index in [-0.39, 0.29) is 11.9 Å². The van der Waals surface area contributed by atoms with Crippen LogP contribution in [0.3, 0.4) is 0 Å². The zero-order valence-electron chi connectivity index (χ0n) is 12.4. The number of aryl methyl sites for hydroxylation is 1. The highest BCUT2D eigenvalue weighted by atomic mass is 16.2. The van der Waals surface area contributed by atoms with Crippen LogP contribution in [0.1, 0.15) is 23.3 Å². The number of aromatic nitrogens is 1. The van der Waals surface area contributed by atoms with E-state index in [0.717, 1.165) is 6.54 Å². The third-order valence-corrected chi connectivity index (χ3v) is 4.26. The van der Waals surface area contributed by atoms with Gasteiger partial charge in [0, 0.05) is 46.0 Å². The molecule has 1 saturated heterocycles. The van der Waals surface area contributed by atoms with Gasteiger partial charge in [-0.05, 0) is 30.9 Å². The lowest BCUT2D eigenvalue weighted by Gasteiger charge is -2.34. The van der Waals surface area contributed by atoms with Crippen molar-refractivity contribution in [2.45, 2.75) is 12.8 Å². The standard InChI is InChI=1S/C15H22N4O2/c1-17-6-2-3-13(17)14(20)18-7-9-19(10-8-18)15(21)16-11-12-4-5-12/h2-3,6,12H,4-5,7-11H2,1H3,(H,16,21). The van der Waals surface area contributed by atoms with E-state index < -0.39 is 0 Å². The number of amides is 3. The van der Waals surface area contributed by atoms with Gasteiger partial charge in [-0.2, -0.15) is 0 Å². The second-order valence-electron chi connectivity index (χ2n) is 5.91. The third kappa shape index (κ3) is 3.20. The second-order valence-corrected chi connectivity index (χ2v) is 5.91. The van der Waals surface area contributed by atoms with Crippen molar-refractivity contribution in [1.82, 2.24) is 19.7 Å². The maximum atomic E-state index is 12.4. The van der Waals surface area contributed by atoms with Gasteiger partial charge in [0.15, 0.2) is 0 Å². The van der Waals surface area contributed by atoms with Crippen LogP contribution in [0.2, 0.25) is 0 Å². The van der Waals surface area contributed by atoms with E-state index >= 15 is 0 Å². The van der Waals surface area contributed by atoms with Crippen LogP contribution in [-0.2, 0) is 7.05 Å². The molecule has 2 heterocycles. The summed E-state index contributed by atoms with van der Waals surface area (Å²) in [6, 6.07) is 3.71. The monoisotopic (exact) mass is 290 g/mol. The van der Waals surface area contributed by atoms with E-state index in [1.165, 1.54) is 12.8 Å². The van der Waals surface area contributed by atoms with Crippen LogP contribution in [0, 0.1) is 5.92 Å². The number of rotatable bonds is 3. The van der Waals surface area contributed by atoms with Gasteiger partial charge in [0.25, 0.3) is 5.91 Å². The Morgan fingerprint density at radius 2 is 1.86 bits per heavy atom. The largest absolute Gasteiger partial charge is 0.347 e. The SMILES string of the molecule is Cn1cccc1C(=O)N1CCN(C(=O)NCC2CC2)CC1. The second kappa shape index (κ2) is 5.79. The molecule has 2 aliphatic rings. The first-order chi connectivity index (χ1) is 10.1. The van der Waals surface area contributed by atoms with E-state index in [1.54, 1.807) is 4.90 Å². The number of nitrogens with one attached hydrogen (secondary N) is 1. The number of piperazine rings is 1. The molecule has 0 aromatic carbocycles. The molecule has 1 aromatic heterocycles. The highest BCUT2D eigenvalue weighted by Gasteiger charge is 2.27. The first-order valence-corrected chi connectivity index (χ1v) is 7.58. The minimum atomic E-state index is 0.00728. The van der Waals surface area contributed by atoms with Crippen LogP contribution < -0.4 is 5.32 Å². The van der Waals surface area contributed by atoms with Crippen LogP contribution >= 0.6 is 0 Å². The number of hydrogen-bond donors (Lipinski definition) is 1. The highest BCUT2D eigenvalue weighted by Crippen LogP contribution is 2.27. The number of nitrogens with zero attached hydrogens (tertiary/aromatic N) is 3. The van der Waals surface area contributed by atoms with Crippen LogP contribution in [-0.4, -0.2) is 59.0 Å². The molecule has 1 aromatic rings. The molecule has 0 bridgehead atoms. The van der Waals surface area contributed by atoms with Gasteiger partial charge in [-0.1, -0.05) is 0 Å². The maximum absolute atomic E-state index is 12.4. The molecule has 114 valence electrons. The molecule has 1 aliphatic heterocycles. The molecule has 2 fully saturated rings. The Bertz CT molecular complexity index is 528. The number of hydrogen-bond acceptors (Lipinski definition) is 2. The fourth-order valence-electron chi connectivity index (χ4n) is 2.62. The Morgan fingerprint density at radius 1 is 1.19 bits per heavy atom. The average molecular weight is 290 g/mol. The first-order valence-electron chi connectivity index (χ1n) is 7.58. The lowest BCUT2D eigenvalue weighted by molar-refractivity contribution is 0.0655. The topological polar surface area (TPSA) is 57.6 Å². The van der Waals surface area contributed by atoms with Crippen LogP contribution in [0.25, 0.3) is 0 Å². The van der Waals surface area contributed by atoms with Crippen molar-refractivity contribution >= 4 is 11.9 Å². The van der Waals surface area contributed by atoms with Crippen LogP contribution in [0.15, 0.2) is 18.3 Å². The zero-order valence-corrected chi connectivity index (χ0v) is 12.4. The molecule has 1 N–H and O–H groups in total. The fourth-order valence-corrected chi connectivity index (χ4v) is 2.62. The van der Waals surface area contributed by atoms with Gasteiger partial charge >= 0.3 is 6.03 Å². The molecule has 3 rings (SSSR count). The molecule has 0 atom stereocenters. The quantitative estimate of drug-likeness (QED) is 0.899. The summed E-state index contributed by atoms with van der Waals surface area (Å²) in [5.74, 6) is 0.731. The Hall–Kier alpha value is -1.98. The molecular weight excluding hydrogens is 268 g/mol. The Balaban J connectivity index is 1.49. The molecule has 21 heavy (non-hydrogen) atoms. The van der Waals surface area contributed by atoms with E-state index in [1.807, 2.05) is 34.8 Å². The van der Waals surface area contributed by atoms with Crippen molar-refractivity contribution in [1.29, 1.82) is 0 Å². The molecule has 0 unspecified atom stereocenters. The number of carbonyl (C=O) groups is 2. The summed E-state index contributed by atoms with van der Waals surface area (Å²) >= 11 is 0. The summed E-state index contributed by atoms with van der Waals surface area (Å²) in [4.78, 5) is 28.0. The molecule has 1 aliphatic carbocycles. The molecule has 0 radical (unpaired) electrons. The summed E-state index contributed by atoms with van der Waals surface area (Å²) in [5.41, 5.74) is 0.696. The van der Waals surface area contributed by atoms with E-state index in [2.05, 4.69) is 5.32 Å². The summed E-state index contributed by atoms with van der Waals surface area (Å²) in [5, 5.41) is 2.97. The summed E-state index contributed by atoms with van der Waals surface area (Å²) in [7, 11) is 1.87.